The number of benzene rings is 2. The molecule has 25 heavy (non-hydrogen) atoms. The predicted molar refractivity (Wildman–Crippen MR) is 104 cm³/mol. The van der Waals surface area contributed by atoms with Gasteiger partial charge in [0.15, 0.2) is 11.5 Å². The highest BCUT2D eigenvalue weighted by Gasteiger charge is 2.16. The van der Waals surface area contributed by atoms with Gasteiger partial charge in [-0.3, -0.25) is 5.41 Å². The molecular formula is C21H26N3O+. The largest absolute Gasteiger partial charge is 0.453 e. The van der Waals surface area contributed by atoms with Crippen LogP contribution in [-0.2, 0) is 0 Å². The standard InChI is InChI=1S/C19H19N3O.C2H6/c1-5-13(22(3)4)10-17-12(2)21-19-15-9-7-6-8-14(15)16(20)11-18(19)23-17;1-2/h5-11,20H,1H2,2-4H3;1-2H3/p+1/b13-10+,20-16?;. The van der Waals surface area contributed by atoms with Gasteiger partial charge in [0.2, 0.25) is 5.36 Å². The fraction of sp³-hybridized carbons (Fsp3) is 0.238. The van der Waals surface area contributed by atoms with Crippen LogP contribution in [0, 0.1) is 6.92 Å². The molecule has 1 heterocycles. The smallest absolute Gasteiger partial charge is 0.208 e. The van der Waals surface area contributed by atoms with Gasteiger partial charge in [0.25, 0.3) is 0 Å². The zero-order valence-electron chi connectivity index (χ0n) is 15.6. The first-order valence-corrected chi connectivity index (χ1v) is 8.44. The molecule has 2 N–H and O–H groups in total. The summed E-state index contributed by atoms with van der Waals surface area (Å²) in [7, 11) is 3.92. The molecule has 130 valence electrons. The Balaban J connectivity index is 0.00000109. The molecule has 0 atom stereocenters. The number of allylic oxidation sites excluding steroid dienone is 1. The van der Waals surface area contributed by atoms with Gasteiger partial charge in [-0.15, -0.1) is 0 Å². The van der Waals surface area contributed by atoms with Gasteiger partial charge in [0, 0.05) is 31.3 Å². The van der Waals surface area contributed by atoms with E-state index < -0.39 is 0 Å². The minimum Gasteiger partial charge on any atom is -0.453 e. The van der Waals surface area contributed by atoms with Crippen molar-refractivity contribution >= 4 is 16.8 Å². The van der Waals surface area contributed by atoms with Crippen LogP contribution in [0.15, 0.2) is 53.1 Å². The van der Waals surface area contributed by atoms with Crippen molar-refractivity contribution in [3.8, 4) is 11.5 Å². The average molecular weight is 336 g/mol. The van der Waals surface area contributed by atoms with Crippen molar-refractivity contribution in [2.45, 2.75) is 20.8 Å². The summed E-state index contributed by atoms with van der Waals surface area (Å²) in [5, 5.41) is 8.84. The Bertz CT molecular complexity index is 951. The average Bonchev–Trinajstić information content (AvgIpc) is 2.62. The minimum atomic E-state index is 0.681. The zero-order valence-corrected chi connectivity index (χ0v) is 15.6. The third-order valence-electron chi connectivity index (χ3n) is 3.87. The lowest BCUT2D eigenvalue weighted by Gasteiger charge is -2.15. The summed E-state index contributed by atoms with van der Waals surface area (Å²) < 4.78 is 6.07. The molecule has 3 rings (SSSR count). The maximum Gasteiger partial charge on any atom is 0.208 e. The Morgan fingerprint density at radius 1 is 1.20 bits per heavy atom. The summed E-state index contributed by atoms with van der Waals surface area (Å²) in [5.74, 6) is 1.39. The molecule has 0 spiro atoms. The van der Waals surface area contributed by atoms with E-state index in [4.69, 9.17) is 14.8 Å². The van der Waals surface area contributed by atoms with Crippen LogP contribution in [0.25, 0.3) is 28.3 Å². The van der Waals surface area contributed by atoms with E-state index in [1.807, 2.05) is 76.2 Å². The van der Waals surface area contributed by atoms with E-state index in [1.165, 1.54) is 0 Å². The molecule has 0 bridgehead atoms. The van der Waals surface area contributed by atoms with Crippen LogP contribution < -0.4 is 10.8 Å². The summed E-state index contributed by atoms with van der Waals surface area (Å²) in [4.78, 5) is 6.72. The van der Waals surface area contributed by atoms with Crippen molar-refractivity contribution in [2.24, 2.45) is 0 Å². The molecule has 0 fully saturated rings. The van der Waals surface area contributed by atoms with Crippen LogP contribution in [0.3, 0.4) is 0 Å². The quantitative estimate of drug-likeness (QED) is 0.591. The van der Waals surface area contributed by atoms with Gasteiger partial charge >= 0.3 is 0 Å². The summed E-state index contributed by atoms with van der Waals surface area (Å²) >= 11 is 0. The van der Waals surface area contributed by atoms with Gasteiger partial charge < -0.3 is 9.32 Å². The molecule has 0 aromatic heterocycles. The van der Waals surface area contributed by atoms with Crippen LogP contribution in [0.2, 0.25) is 0 Å². The molecule has 2 aliphatic rings. The number of rotatable bonds is 3. The highest BCUT2D eigenvalue weighted by molar-refractivity contribution is 5.94. The van der Waals surface area contributed by atoms with E-state index in [9.17, 15) is 0 Å². The van der Waals surface area contributed by atoms with Crippen molar-refractivity contribution in [2.75, 3.05) is 14.1 Å². The molecule has 0 saturated carbocycles. The zero-order chi connectivity index (χ0) is 18.6. The first-order chi connectivity index (χ1) is 12.0. The third kappa shape index (κ3) is 3.63. The molecule has 1 aliphatic heterocycles. The number of hydrogen-bond acceptors (Lipinski definition) is 3. The Hall–Kier alpha value is -2.88. The molecule has 1 aromatic rings. The highest BCUT2D eigenvalue weighted by Crippen LogP contribution is 2.29. The predicted octanol–water partition coefficient (Wildman–Crippen LogP) is 3.02. The van der Waals surface area contributed by atoms with E-state index in [2.05, 4.69) is 6.58 Å². The highest BCUT2D eigenvalue weighted by atomic mass is 16.3. The molecule has 1 aliphatic carbocycles. The topological polar surface area (TPSA) is 54.9 Å². The van der Waals surface area contributed by atoms with Gasteiger partial charge in [0.05, 0.1) is 17.1 Å². The lowest BCUT2D eigenvalue weighted by Crippen LogP contribution is -2.45. The number of likely N-dealkylation sites (N-methyl/N-ethyl adjacent to an activating group) is 1. The Morgan fingerprint density at radius 2 is 1.84 bits per heavy atom. The van der Waals surface area contributed by atoms with Crippen molar-refractivity contribution in [3.63, 3.8) is 0 Å². The van der Waals surface area contributed by atoms with Crippen LogP contribution in [-0.4, -0.2) is 24.0 Å². The SMILES string of the molecule is C=C/C(=C\c1oc2cc(=[NH2+])c3ccccc3c-2nc1C)N(C)C.CC. The number of nitrogens with zero attached hydrogens (tertiary/aromatic N) is 2. The summed E-state index contributed by atoms with van der Waals surface area (Å²) in [6.07, 6.45) is 3.72. The molecule has 0 unspecified atom stereocenters. The van der Waals surface area contributed by atoms with Crippen LogP contribution in [0.4, 0.5) is 0 Å². The number of nitrogens with two attached hydrogens (primary N) is 1. The summed E-state index contributed by atoms with van der Waals surface area (Å²) in [5.41, 5.74) is 2.61. The maximum atomic E-state index is 6.16. The molecule has 4 nitrogen and oxygen atoms in total. The molecule has 1 aromatic carbocycles. The van der Waals surface area contributed by atoms with E-state index >= 15 is 0 Å². The Labute approximate surface area is 149 Å². The van der Waals surface area contributed by atoms with Gasteiger partial charge in [-0.25, -0.2) is 4.98 Å². The van der Waals surface area contributed by atoms with E-state index in [1.54, 1.807) is 6.08 Å². The van der Waals surface area contributed by atoms with Crippen LogP contribution in [0.5, 0.6) is 0 Å². The fourth-order valence-electron chi connectivity index (χ4n) is 2.61. The van der Waals surface area contributed by atoms with Gasteiger partial charge in [-0.05, 0) is 19.1 Å². The van der Waals surface area contributed by atoms with Crippen molar-refractivity contribution in [3.05, 3.63) is 65.5 Å². The molecule has 4 heteroatoms. The second-order valence-electron chi connectivity index (χ2n) is 5.69. The molecule has 0 radical (unpaired) electrons. The molecule has 0 amide bonds. The number of fused-ring (bicyclic) bond motifs is 3. The normalized spacial score (nSPS) is 11.2. The number of hydrogen-bond donors (Lipinski definition) is 1. The van der Waals surface area contributed by atoms with E-state index in [0.29, 0.717) is 16.9 Å². The van der Waals surface area contributed by atoms with Gasteiger partial charge in [-0.2, -0.15) is 0 Å². The number of aryl methyl sites for hydroxylation is 1. The monoisotopic (exact) mass is 336 g/mol. The minimum absolute atomic E-state index is 0.681. The third-order valence-corrected chi connectivity index (χ3v) is 3.87. The number of aromatic nitrogens is 1. The maximum absolute atomic E-state index is 6.16. The van der Waals surface area contributed by atoms with E-state index in [0.717, 1.165) is 27.9 Å². The van der Waals surface area contributed by atoms with Crippen LogP contribution >= 0.6 is 0 Å². The first kappa shape index (κ1) is 18.5. The second-order valence-corrected chi connectivity index (χ2v) is 5.69. The Kier molecular flexibility index (Phi) is 5.75. The molecule has 0 saturated heterocycles. The van der Waals surface area contributed by atoms with Gasteiger partial charge in [0.1, 0.15) is 5.69 Å². The Morgan fingerprint density at radius 3 is 2.44 bits per heavy atom. The lowest BCUT2D eigenvalue weighted by molar-refractivity contribution is -0.170. The lowest BCUT2D eigenvalue weighted by atomic mass is 10.0. The van der Waals surface area contributed by atoms with Crippen molar-refractivity contribution in [1.29, 1.82) is 0 Å². The fourth-order valence-corrected chi connectivity index (χ4v) is 2.61. The van der Waals surface area contributed by atoms with Crippen LogP contribution in [0.1, 0.15) is 25.3 Å². The van der Waals surface area contributed by atoms with E-state index in [-0.39, 0.29) is 0 Å². The summed E-state index contributed by atoms with van der Waals surface area (Å²) in [6.45, 7) is 9.77. The van der Waals surface area contributed by atoms with Crippen molar-refractivity contribution in [1.82, 2.24) is 9.88 Å². The first-order valence-electron chi connectivity index (χ1n) is 8.44. The summed E-state index contributed by atoms with van der Waals surface area (Å²) in [6, 6.07) is 9.80. The van der Waals surface area contributed by atoms with Crippen molar-refractivity contribution < 1.29 is 9.83 Å². The second kappa shape index (κ2) is 7.79. The van der Waals surface area contributed by atoms with Gasteiger partial charge in [-0.1, -0.05) is 38.6 Å². The molecular weight excluding hydrogens is 310 g/mol.